The van der Waals surface area contributed by atoms with E-state index in [0.717, 1.165) is 16.7 Å². The molecule has 3 aromatic carbocycles. The monoisotopic (exact) mass is 430 g/mol. The van der Waals surface area contributed by atoms with Crippen LogP contribution < -0.4 is 10.2 Å². The third-order valence-corrected chi connectivity index (χ3v) is 4.81. The second-order valence-corrected chi connectivity index (χ2v) is 7.06. The molecule has 4 rings (SSSR count). The number of carbonyl (C=O) groups excluding carboxylic acids is 1. The summed E-state index contributed by atoms with van der Waals surface area (Å²) >= 11 is 6.17. The van der Waals surface area contributed by atoms with E-state index in [0.29, 0.717) is 22.3 Å². The number of nitrogens with one attached hydrogen (secondary N) is 1. The molecule has 0 radical (unpaired) electrons. The number of amides is 1. The van der Waals surface area contributed by atoms with Crippen molar-refractivity contribution in [1.29, 1.82) is 0 Å². The Kier molecular flexibility index (Phi) is 6.45. The standard InChI is InChI=1S/C25H19ClN2O3/c26-23-9-5-4-8-22(23)24-15-14-21(31-24)16-27-28-25(29)17-30-20-12-10-19(11-13-20)18-6-2-1-3-7-18/h1-16H,17H2,(H,28,29)/b27-16-. The van der Waals surface area contributed by atoms with Gasteiger partial charge in [-0.25, -0.2) is 5.43 Å². The highest BCUT2D eigenvalue weighted by Crippen LogP contribution is 2.28. The fourth-order valence-electron chi connectivity index (χ4n) is 2.95. The Morgan fingerprint density at radius 3 is 2.39 bits per heavy atom. The van der Waals surface area contributed by atoms with Crippen LogP contribution in [-0.4, -0.2) is 18.7 Å². The van der Waals surface area contributed by atoms with Gasteiger partial charge in [0.05, 0.1) is 11.2 Å². The molecule has 0 aliphatic rings. The summed E-state index contributed by atoms with van der Waals surface area (Å²) in [5.74, 6) is 1.35. The lowest BCUT2D eigenvalue weighted by atomic mass is 10.1. The molecule has 0 aliphatic heterocycles. The minimum atomic E-state index is -0.374. The minimum absolute atomic E-state index is 0.148. The van der Waals surface area contributed by atoms with Crippen molar-refractivity contribution < 1.29 is 13.9 Å². The van der Waals surface area contributed by atoms with Crippen molar-refractivity contribution in [3.05, 3.63) is 102 Å². The maximum Gasteiger partial charge on any atom is 0.277 e. The molecule has 6 heteroatoms. The van der Waals surface area contributed by atoms with Crippen molar-refractivity contribution >= 4 is 23.7 Å². The van der Waals surface area contributed by atoms with Gasteiger partial charge < -0.3 is 9.15 Å². The van der Waals surface area contributed by atoms with E-state index >= 15 is 0 Å². The average Bonchev–Trinajstić information content (AvgIpc) is 3.27. The predicted octanol–water partition coefficient (Wildman–Crippen LogP) is 5.80. The number of benzene rings is 3. The van der Waals surface area contributed by atoms with Crippen LogP contribution in [0.4, 0.5) is 0 Å². The van der Waals surface area contributed by atoms with E-state index in [4.69, 9.17) is 20.8 Å². The quantitative estimate of drug-likeness (QED) is 0.298. The maximum absolute atomic E-state index is 12.0. The van der Waals surface area contributed by atoms with Gasteiger partial charge in [-0.15, -0.1) is 0 Å². The number of halogens is 1. The molecule has 0 fully saturated rings. The van der Waals surface area contributed by atoms with Crippen molar-refractivity contribution in [3.8, 4) is 28.2 Å². The van der Waals surface area contributed by atoms with Crippen LogP contribution in [0.3, 0.4) is 0 Å². The number of carbonyl (C=O) groups is 1. The van der Waals surface area contributed by atoms with Gasteiger partial charge in [-0.1, -0.05) is 66.2 Å². The summed E-state index contributed by atoms with van der Waals surface area (Å²) in [5, 5.41) is 4.51. The van der Waals surface area contributed by atoms with Crippen molar-refractivity contribution in [2.45, 2.75) is 0 Å². The van der Waals surface area contributed by atoms with Crippen molar-refractivity contribution in [2.75, 3.05) is 6.61 Å². The van der Waals surface area contributed by atoms with E-state index < -0.39 is 0 Å². The van der Waals surface area contributed by atoms with Gasteiger partial charge in [-0.2, -0.15) is 5.10 Å². The van der Waals surface area contributed by atoms with E-state index in [-0.39, 0.29) is 12.5 Å². The highest BCUT2D eigenvalue weighted by Gasteiger charge is 2.07. The molecule has 0 unspecified atom stereocenters. The summed E-state index contributed by atoms with van der Waals surface area (Å²) in [5.41, 5.74) is 5.41. The lowest BCUT2D eigenvalue weighted by molar-refractivity contribution is -0.123. The summed E-state index contributed by atoms with van der Waals surface area (Å²) in [7, 11) is 0. The van der Waals surface area contributed by atoms with Gasteiger partial charge in [0, 0.05) is 5.56 Å². The number of hydrogen-bond acceptors (Lipinski definition) is 4. The number of ether oxygens (including phenoxy) is 1. The Hall–Kier alpha value is -3.83. The van der Waals surface area contributed by atoms with E-state index in [1.165, 1.54) is 6.21 Å². The SMILES string of the molecule is O=C(COc1ccc(-c2ccccc2)cc1)N/N=C\c1ccc(-c2ccccc2Cl)o1. The summed E-state index contributed by atoms with van der Waals surface area (Å²) in [6.07, 6.45) is 1.42. The van der Waals surface area contributed by atoms with Crippen LogP contribution in [0.15, 0.2) is 101 Å². The zero-order valence-corrected chi connectivity index (χ0v) is 17.3. The first-order valence-electron chi connectivity index (χ1n) is 9.64. The number of hydrogen-bond donors (Lipinski definition) is 1. The van der Waals surface area contributed by atoms with Crippen LogP contribution in [-0.2, 0) is 4.79 Å². The van der Waals surface area contributed by atoms with E-state index in [1.54, 1.807) is 18.2 Å². The number of rotatable bonds is 7. The molecular formula is C25H19ClN2O3. The Balaban J connectivity index is 1.27. The summed E-state index contributed by atoms with van der Waals surface area (Å²) in [6.45, 7) is -0.148. The van der Waals surface area contributed by atoms with Gasteiger partial charge in [0.1, 0.15) is 17.3 Å². The van der Waals surface area contributed by atoms with Gasteiger partial charge in [0.25, 0.3) is 5.91 Å². The van der Waals surface area contributed by atoms with Crippen LogP contribution in [0.1, 0.15) is 5.76 Å². The lowest BCUT2D eigenvalue weighted by Gasteiger charge is -2.06. The largest absolute Gasteiger partial charge is 0.484 e. The molecule has 1 aromatic heterocycles. The minimum Gasteiger partial charge on any atom is -0.484 e. The van der Waals surface area contributed by atoms with Crippen LogP contribution >= 0.6 is 11.6 Å². The average molecular weight is 431 g/mol. The lowest BCUT2D eigenvalue weighted by Crippen LogP contribution is -2.24. The Labute approximate surface area is 184 Å². The predicted molar refractivity (Wildman–Crippen MR) is 122 cm³/mol. The van der Waals surface area contributed by atoms with Gasteiger partial charge in [0.2, 0.25) is 0 Å². The Morgan fingerprint density at radius 2 is 1.61 bits per heavy atom. The fourth-order valence-corrected chi connectivity index (χ4v) is 3.18. The van der Waals surface area contributed by atoms with Gasteiger partial charge in [-0.3, -0.25) is 4.79 Å². The van der Waals surface area contributed by atoms with Crippen LogP contribution in [0.2, 0.25) is 5.02 Å². The summed E-state index contributed by atoms with van der Waals surface area (Å²) < 4.78 is 11.2. The molecule has 0 saturated carbocycles. The van der Waals surface area contributed by atoms with Crippen molar-refractivity contribution in [3.63, 3.8) is 0 Å². The van der Waals surface area contributed by atoms with E-state index in [1.807, 2.05) is 72.8 Å². The summed E-state index contributed by atoms with van der Waals surface area (Å²) in [4.78, 5) is 12.0. The fraction of sp³-hybridized carbons (Fsp3) is 0.0400. The number of furan rings is 1. The van der Waals surface area contributed by atoms with E-state index in [9.17, 15) is 4.79 Å². The first-order valence-corrected chi connectivity index (χ1v) is 10.0. The molecule has 5 nitrogen and oxygen atoms in total. The number of nitrogens with zero attached hydrogens (tertiary/aromatic N) is 1. The van der Waals surface area contributed by atoms with Crippen LogP contribution in [0.5, 0.6) is 5.75 Å². The second kappa shape index (κ2) is 9.78. The highest BCUT2D eigenvalue weighted by molar-refractivity contribution is 6.33. The zero-order chi connectivity index (χ0) is 21.5. The smallest absolute Gasteiger partial charge is 0.277 e. The first kappa shape index (κ1) is 20.4. The van der Waals surface area contributed by atoms with Gasteiger partial charge in [-0.05, 0) is 47.5 Å². The van der Waals surface area contributed by atoms with Crippen molar-refractivity contribution in [1.82, 2.24) is 5.43 Å². The molecule has 1 N–H and O–H groups in total. The van der Waals surface area contributed by atoms with Gasteiger partial charge in [0.15, 0.2) is 6.61 Å². The second-order valence-electron chi connectivity index (χ2n) is 6.65. The van der Waals surface area contributed by atoms with Crippen LogP contribution in [0, 0.1) is 0 Å². The molecule has 0 aliphatic carbocycles. The molecular weight excluding hydrogens is 412 g/mol. The Morgan fingerprint density at radius 1 is 0.903 bits per heavy atom. The Bertz CT molecular complexity index is 1180. The molecule has 0 bridgehead atoms. The molecule has 154 valence electrons. The topological polar surface area (TPSA) is 63.8 Å². The maximum atomic E-state index is 12.0. The molecule has 4 aromatic rings. The molecule has 1 heterocycles. The zero-order valence-electron chi connectivity index (χ0n) is 16.5. The molecule has 0 atom stereocenters. The molecule has 1 amide bonds. The van der Waals surface area contributed by atoms with E-state index in [2.05, 4.69) is 10.5 Å². The normalized spacial score (nSPS) is 10.9. The molecule has 0 spiro atoms. The first-order chi connectivity index (χ1) is 15.2. The molecule has 0 saturated heterocycles. The highest BCUT2D eigenvalue weighted by atomic mass is 35.5. The molecule has 31 heavy (non-hydrogen) atoms. The number of hydrazone groups is 1. The summed E-state index contributed by atoms with van der Waals surface area (Å²) in [6, 6.07) is 28.6. The third-order valence-electron chi connectivity index (χ3n) is 4.48. The van der Waals surface area contributed by atoms with Crippen molar-refractivity contribution in [2.24, 2.45) is 5.10 Å². The van der Waals surface area contributed by atoms with Gasteiger partial charge >= 0.3 is 0 Å². The third kappa shape index (κ3) is 5.41. The van der Waals surface area contributed by atoms with Crippen LogP contribution in [0.25, 0.3) is 22.5 Å².